The Kier molecular flexibility index (Phi) is 8.27. The van der Waals surface area contributed by atoms with Crippen molar-refractivity contribution in [2.24, 2.45) is 0 Å². The first kappa shape index (κ1) is 29.1. The van der Waals surface area contributed by atoms with Gasteiger partial charge in [-0.3, -0.25) is 24.4 Å². The molecule has 3 aromatic heterocycles. The van der Waals surface area contributed by atoms with Crippen LogP contribution in [0.5, 0.6) is 0 Å². The minimum Gasteiger partial charge on any atom is -0.353 e. The first-order chi connectivity index (χ1) is 22.0. The van der Waals surface area contributed by atoms with Gasteiger partial charge in [0.15, 0.2) is 0 Å². The molecule has 2 amide bonds. The summed E-state index contributed by atoms with van der Waals surface area (Å²) in [5, 5.41) is 7.01. The van der Waals surface area contributed by atoms with Crippen molar-refractivity contribution in [1.82, 2.24) is 35.1 Å². The van der Waals surface area contributed by atoms with Crippen molar-refractivity contribution in [2.75, 3.05) is 49.5 Å². The second-order valence-electron chi connectivity index (χ2n) is 12.3. The summed E-state index contributed by atoms with van der Waals surface area (Å²) in [6.07, 6.45) is 9.25. The summed E-state index contributed by atoms with van der Waals surface area (Å²) in [5.74, 6) is 0.582. The minimum atomic E-state index is -0.258. The molecule has 2 saturated heterocycles. The van der Waals surface area contributed by atoms with Gasteiger partial charge in [-0.2, -0.15) is 0 Å². The van der Waals surface area contributed by atoms with Gasteiger partial charge in [0, 0.05) is 68.9 Å². The lowest BCUT2D eigenvalue weighted by Crippen LogP contribution is -2.47. The second kappa shape index (κ2) is 12.8. The number of piperazine rings is 1. The quantitative estimate of drug-likeness (QED) is 0.246. The first-order valence-electron chi connectivity index (χ1n) is 15.9. The molecular formula is C34H39N9O2. The number of nitrogens with zero attached hydrogens (tertiary/aromatic N) is 6. The predicted molar refractivity (Wildman–Crippen MR) is 175 cm³/mol. The Bertz CT molecular complexity index is 1690. The van der Waals surface area contributed by atoms with E-state index in [0.29, 0.717) is 17.9 Å². The SMILES string of the molecule is C=CC(=O)NC1CCCN(Cc2ccnc(C(=O)Nc3ccc(-c4cc5c(N6CCN(C7CC7)CC6)ncnc5[nH]4)cc3)c2)C1. The van der Waals surface area contributed by atoms with Gasteiger partial charge in [0.25, 0.3) is 5.91 Å². The molecular weight excluding hydrogens is 566 g/mol. The maximum atomic E-state index is 13.1. The van der Waals surface area contributed by atoms with E-state index in [1.807, 2.05) is 36.4 Å². The molecule has 11 nitrogen and oxygen atoms in total. The Hall–Kier alpha value is -4.61. The fourth-order valence-electron chi connectivity index (χ4n) is 6.53. The van der Waals surface area contributed by atoms with Crippen LogP contribution in [-0.2, 0) is 11.3 Å². The maximum Gasteiger partial charge on any atom is 0.274 e. The molecule has 2 aliphatic heterocycles. The van der Waals surface area contributed by atoms with E-state index in [1.165, 1.54) is 18.9 Å². The van der Waals surface area contributed by atoms with Crippen molar-refractivity contribution in [3.8, 4) is 11.3 Å². The number of hydrogen-bond donors (Lipinski definition) is 3. The number of aromatic nitrogens is 4. The van der Waals surface area contributed by atoms with Crippen molar-refractivity contribution in [1.29, 1.82) is 0 Å². The zero-order valence-corrected chi connectivity index (χ0v) is 25.4. The molecule has 3 aliphatic rings. The topological polar surface area (TPSA) is 122 Å². The monoisotopic (exact) mass is 605 g/mol. The van der Waals surface area contributed by atoms with Crippen LogP contribution in [-0.4, -0.2) is 92.9 Å². The van der Waals surface area contributed by atoms with Crippen molar-refractivity contribution < 1.29 is 9.59 Å². The first-order valence-corrected chi connectivity index (χ1v) is 15.9. The lowest BCUT2D eigenvalue weighted by atomic mass is 10.0. The van der Waals surface area contributed by atoms with Crippen LogP contribution in [0.25, 0.3) is 22.3 Å². The molecule has 232 valence electrons. The number of H-pyrrole nitrogens is 1. The summed E-state index contributed by atoms with van der Waals surface area (Å²) in [4.78, 5) is 49.0. The third-order valence-corrected chi connectivity index (χ3v) is 9.04. The molecule has 45 heavy (non-hydrogen) atoms. The van der Waals surface area contributed by atoms with Crippen LogP contribution in [0.3, 0.4) is 0 Å². The number of anilines is 2. The summed E-state index contributed by atoms with van der Waals surface area (Å²) in [6.45, 7) is 10.0. The van der Waals surface area contributed by atoms with Gasteiger partial charge in [-0.05, 0) is 79.8 Å². The number of aromatic amines is 1. The average Bonchev–Trinajstić information content (AvgIpc) is 3.83. The summed E-state index contributed by atoms with van der Waals surface area (Å²) in [7, 11) is 0. The molecule has 1 unspecified atom stereocenters. The molecule has 3 fully saturated rings. The van der Waals surface area contributed by atoms with Gasteiger partial charge in [-0.25, -0.2) is 9.97 Å². The van der Waals surface area contributed by atoms with E-state index >= 15 is 0 Å². The average molecular weight is 606 g/mol. The fourth-order valence-corrected chi connectivity index (χ4v) is 6.53. The number of benzene rings is 1. The normalized spacial score (nSPS) is 19.4. The summed E-state index contributed by atoms with van der Waals surface area (Å²) in [5.41, 5.74) is 4.85. The van der Waals surface area contributed by atoms with Gasteiger partial charge in [-0.15, -0.1) is 0 Å². The molecule has 4 aromatic rings. The second-order valence-corrected chi connectivity index (χ2v) is 12.3. The Labute approximate surface area is 262 Å². The van der Waals surface area contributed by atoms with Crippen LogP contribution in [0.15, 0.2) is 67.6 Å². The summed E-state index contributed by atoms with van der Waals surface area (Å²) in [6, 6.07) is 14.6. The molecule has 1 aliphatic carbocycles. The van der Waals surface area contributed by atoms with E-state index < -0.39 is 0 Å². The number of likely N-dealkylation sites (tertiary alicyclic amines) is 1. The molecule has 1 saturated carbocycles. The van der Waals surface area contributed by atoms with Gasteiger partial charge in [0.2, 0.25) is 5.91 Å². The highest BCUT2D eigenvalue weighted by atomic mass is 16.2. The molecule has 7 rings (SSSR count). The number of amides is 2. The van der Waals surface area contributed by atoms with Gasteiger partial charge in [0.05, 0.1) is 5.39 Å². The number of nitrogens with one attached hydrogen (secondary N) is 3. The van der Waals surface area contributed by atoms with Gasteiger partial charge < -0.3 is 20.5 Å². The number of fused-ring (bicyclic) bond motifs is 1. The summed E-state index contributed by atoms with van der Waals surface area (Å²) < 4.78 is 0. The highest BCUT2D eigenvalue weighted by molar-refractivity contribution is 6.03. The van der Waals surface area contributed by atoms with Crippen molar-refractivity contribution in [3.63, 3.8) is 0 Å². The van der Waals surface area contributed by atoms with Gasteiger partial charge in [-0.1, -0.05) is 18.7 Å². The van der Waals surface area contributed by atoms with Crippen LogP contribution in [0.4, 0.5) is 11.5 Å². The number of hydrogen-bond acceptors (Lipinski definition) is 8. The van der Waals surface area contributed by atoms with Crippen LogP contribution in [0, 0.1) is 0 Å². The molecule has 0 bridgehead atoms. The third kappa shape index (κ3) is 6.74. The Morgan fingerprint density at radius 1 is 0.978 bits per heavy atom. The summed E-state index contributed by atoms with van der Waals surface area (Å²) >= 11 is 0. The van der Waals surface area contributed by atoms with Crippen molar-refractivity contribution >= 4 is 34.4 Å². The Balaban J connectivity index is 0.983. The molecule has 5 heterocycles. The number of carbonyl (C=O) groups is 2. The molecule has 3 N–H and O–H groups in total. The van der Waals surface area contributed by atoms with E-state index in [0.717, 1.165) is 91.8 Å². The highest BCUT2D eigenvalue weighted by Gasteiger charge is 2.32. The van der Waals surface area contributed by atoms with Crippen molar-refractivity contribution in [3.05, 3.63) is 78.9 Å². The number of pyridine rings is 1. The molecule has 1 aromatic carbocycles. The van der Waals surface area contributed by atoms with E-state index in [4.69, 9.17) is 0 Å². The molecule has 0 spiro atoms. The van der Waals surface area contributed by atoms with Crippen LogP contribution in [0.2, 0.25) is 0 Å². The largest absolute Gasteiger partial charge is 0.353 e. The maximum absolute atomic E-state index is 13.1. The van der Waals surface area contributed by atoms with E-state index in [9.17, 15) is 9.59 Å². The van der Waals surface area contributed by atoms with E-state index in [1.54, 1.807) is 12.5 Å². The van der Waals surface area contributed by atoms with Crippen molar-refractivity contribution in [2.45, 2.75) is 44.3 Å². The lowest BCUT2D eigenvalue weighted by molar-refractivity contribution is -0.117. The standard InChI is InChI=1S/C34H39N9O2/c1-2-31(44)38-26-4-3-13-41(21-26)20-23-11-12-35-30(18-23)34(45)39-25-7-5-24(6-8-25)29-19-28-32(40-29)36-22-37-33(28)43-16-14-42(15-17-43)27-9-10-27/h2,5-8,11-12,18-19,22,26-27H,1,3-4,9-10,13-17,20-21H2,(H,38,44)(H,39,45)(H,36,37,40). The molecule has 0 radical (unpaired) electrons. The Morgan fingerprint density at radius 3 is 2.58 bits per heavy atom. The van der Waals surface area contributed by atoms with Gasteiger partial charge >= 0.3 is 0 Å². The fraction of sp³-hybridized carbons (Fsp3) is 0.382. The van der Waals surface area contributed by atoms with Crippen LogP contribution in [0.1, 0.15) is 41.7 Å². The number of carbonyl (C=O) groups excluding carboxylic acids is 2. The highest BCUT2D eigenvalue weighted by Crippen LogP contribution is 2.32. The van der Waals surface area contributed by atoms with Crippen LogP contribution < -0.4 is 15.5 Å². The molecule has 11 heteroatoms. The Morgan fingerprint density at radius 2 is 1.80 bits per heavy atom. The zero-order chi connectivity index (χ0) is 30.8. The zero-order valence-electron chi connectivity index (χ0n) is 25.4. The number of piperidine rings is 1. The molecule has 1 atom stereocenters. The van der Waals surface area contributed by atoms with Gasteiger partial charge in [0.1, 0.15) is 23.5 Å². The van der Waals surface area contributed by atoms with Crippen LogP contribution >= 0.6 is 0 Å². The number of rotatable bonds is 9. The minimum absolute atomic E-state index is 0.101. The lowest BCUT2D eigenvalue weighted by Gasteiger charge is -2.35. The van der Waals surface area contributed by atoms with E-state index in [2.05, 4.69) is 57.9 Å². The third-order valence-electron chi connectivity index (χ3n) is 9.04. The van der Waals surface area contributed by atoms with E-state index in [-0.39, 0.29) is 17.9 Å². The predicted octanol–water partition coefficient (Wildman–Crippen LogP) is 3.82. The smallest absolute Gasteiger partial charge is 0.274 e.